The first-order valence-corrected chi connectivity index (χ1v) is 5.35. The Morgan fingerprint density at radius 2 is 1.67 bits per heavy atom. The summed E-state index contributed by atoms with van der Waals surface area (Å²) in [6.45, 7) is 8.67. The topological polar surface area (TPSA) is 9.23 Å². The molecule has 0 radical (unpaired) electrons. The van der Waals surface area contributed by atoms with Crippen molar-refractivity contribution in [1.82, 2.24) is 0 Å². The summed E-state index contributed by atoms with van der Waals surface area (Å²) < 4.78 is 5.46. The van der Waals surface area contributed by atoms with Gasteiger partial charge >= 0.3 is 0 Å². The van der Waals surface area contributed by atoms with Gasteiger partial charge in [0.1, 0.15) is 0 Å². The van der Waals surface area contributed by atoms with Crippen molar-refractivity contribution >= 4 is 0 Å². The fourth-order valence-corrected chi connectivity index (χ4v) is 1.11. The highest BCUT2D eigenvalue weighted by atomic mass is 16.5. The monoisotopic (exact) mass is 172 g/mol. The molecule has 0 N–H and O–H groups in total. The van der Waals surface area contributed by atoms with Crippen LogP contribution in [0.15, 0.2) is 0 Å². The van der Waals surface area contributed by atoms with Gasteiger partial charge in [-0.05, 0) is 18.8 Å². The van der Waals surface area contributed by atoms with Crippen molar-refractivity contribution in [2.75, 3.05) is 13.2 Å². The first-order chi connectivity index (χ1) is 5.77. The largest absolute Gasteiger partial charge is 0.381 e. The molecule has 1 heteroatoms. The Morgan fingerprint density at radius 1 is 1.00 bits per heavy atom. The summed E-state index contributed by atoms with van der Waals surface area (Å²) in [6, 6.07) is 0. The van der Waals surface area contributed by atoms with E-state index in [9.17, 15) is 0 Å². The van der Waals surface area contributed by atoms with E-state index in [1.807, 2.05) is 0 Å². The van der Waals surface area contributed by atoms with Gasteiger partial charge in [-0.1, -0.05) is 40.0 Å². The van der Waals surface area contributed by atoms with Gasteiger partial charge in [-0.2, -0.15) is 0 Å². The lowest BCUT2D eigenvalue weighted by Gasteiger charge is -2.04. The maximum absolute atomic E-state index is 5.46. The van der Waals surface area contributed by atoms with Crippen molar-refractivity contribution in [3.05, 3.63) is 0 Å². The lowest BCUT2D eigenvalue weighted by Crippen LogP contribution is -1.97. The lowest BCUT2D eigenvalue weighted by atomic mass is 10.1. The molecule has 0 aliphatic heterocycles. The molecule has 1 nitrogen and oxygen atoms in total. The second kappa shape index (κ2) is 9.05. The van der Waals surface area contributed by atoms with Crippen molar-refractivity contribution < 1.29 is 4.74 Å². The van der Waals surface area contributed by atoms with Gasteiger partial charge < -0.3 is 4.74 Å². The van der Waals surface area contributed by atoms with Crippen LogP contribution in [0, 0.1) is 5.92 Å². The van der Waals surface area contributed by atoms with Crippen molar-refractivity contribution in [1.29, 1.82) is 0 Å². The molecule has 0 aromatic rings. The van der Waals surface area contributed by atoms with Gasteiger partial charge in [-0.15, -0.1) is 0 Å². The van der Waals surface area contributed by atoms with Crippen LogP contribution in [0.4, 0.5) is 0 Å². The van der Waals surface area contributed by atoms with Crippen molar-refractivity contribution in [2.24, 2.45) is 5.92 Å². The Labute approximate surface area is 77.5 Å². The predicted molar refractivity (Wildman–Crippen MR) is 54.4 cm³/mol. The van der Waals surface area contributed by atoms with E-state index in [1.165, 1.54) is 32.1 Å². The molecular formula is C11H24O. The third-order valence-electron chi connectivity index (χ3n) is 1.96. The highest BCUT2D eigenvalue weighted by molar-refractivity contribution is 4.45. The minimum absolute atomic E-state index is 0.848. The first kappa shape index (κ1) is 12.0. The average Bonchev–Trinajstić information content (AvgIpc) is 2.02. The Balaban J connectivity index is 2.82. The molecule has 0 saturated heterocycles. The molecule has 0 aromatic carbocycles. The Bertz CT molecular complexity index is 79.1. The third-order valence-corrected chi connectivity index (χ3v) is 1.96. The molecule has 0 rings (SSSR count). The van der Waals surface area contributed by atoms with Gasteiger partial charge in [-0.3, -0.25) is 0 Å². The van der Waals surface area contributed by atoms with Gasteiger partial charge in [0.05, 0.1) is 0 Å². The summed E-state index contributed by atoms with van der Waals surface area (Å²) in [4.78, 5) is 0. The predicted octanol–water partition coefficient (Wildman–Crippen LogP) is 3.63. The number of rotatable bonds is 8. The van der Waals surface area contributed by atoms with E-state index in [2.05, 4.69) is 20.8 Å². The van der Waals surface area contributed by atoms with Gasteiger partial charge in [0.25, 0.3) is 0 Å². The quantitative estimate of drug-likeness (QED) is 0.508. The maximum Gasteiger partial charge on any atom is 0.0466 e. The summed E-state index contributed by atoms with van der Waals surface area (Å²) in [5.41, 5.74) is 0. The molecule has 0 aliphatic carbocycles. The molecule has 0 amide bonds. The molecule has 0 spiro atoms. The molecule has 0 unspecified atom stereocenters. The summed E-state index contributed by atoms with van der Waals surface area (Å²) in [6.07, 6.45) is 6.36. The van der Waals surface area contributed by atoms with E-state index >= 15 is 0 Å². The maximum atomic E-state index is 5.46. The molecule has 12 heavy (non-hydrogen) atoms. The van der Waals surface area contributed by atoms with Crippen LogP contribution in [0.2, 0.25) is 0 Å². The molecular weight excluding hydrogens is 148 g/mol. The highest BCUT2D eigenvalue weighted by Crippen LogP contribution is 2.05. The van der Waals surface area contributed by atoms with Crippen molar-refractivity contribution in [3.8, 4) is 0 Å². The van der Waals surface area contributed by atoms with E-state index < -0.39 is 0 Å². The second-order valence-corrected chi connectivity index (χ2v) is 3.86. The lowest BCUT2D eigenvalue weighted by molar-refractivity contribution is 0.126. The fraction of sp³-hybridized carbons (Fsp3) is 1.00. The van der Waals surface area contributed by atoms with Gasteiger partial charge in [0.15, 0.2) is 0 Å². The second-order valence-electron chi connectivity index (χ2n) is 3.86. The minimum Gasteiger partial charge on any atom is -0.381 e. The first-order valence-electron chi connectivity index (χ1n) is 5.35. The number of ether oxygens (including phenoxy) is 1. The van der Waals surface area contributed by atoms with Crippen LogP contribution in [-0.4, -0.2) is 13.2 Å². The van der Waals surface area contributed by atoms with E-state index in [0.29, 0.717) is 0 Å². The summed E-state index contributed by atoms with van der Waals surface area (Å²) >= 11 is 0. The summed E-state index contributed by atoms with van der Waals surface area (Å²) in [7, 11) is 0. The van der Waals surface area contributed by atoms with Crippen LogP contribution < -0.4 is 0 Å². The van der Waals surface area contributed by atoms with Crippen LogP contribution in [0.25, 0.3) is 0 Å². The molecule has 0 heterocycles. The number of hydrogen-bond acceptors (Lipinski definition) is 1. The van der Waals surface area contributed by atoms with E-state index in [-0.39, 0.29) is 0 Å². The summed E-state index contributed by atoms with van der Waals surface area (Å²) in [5, 5.41) is 0. The smallest absolute Gasteiger partial charge is 0.0466 e. The fourth-order valence-electron chi connectivity index (χ4n) is 1.11. The van der Waals surface area contributed by atoms with Crippen LogP contribution in [0.1, 0.15) is 52.9 Å². The van der Waals surface area contributed by atoms with Crippen LogP contribution in [-0.2, 0) is 4.74 Å². The zero-order chi connectivity index (χ0) is 9.23. The normalized spacial score (nSPS) is 11.0. The Morgan fingerprint density at radius 3 is 2.25 bits per heavy atom. The molecule has 0 aliphatic rings. The molecule has 0 bridgehead atoms. The van der Waals surface area contributed by atoms with Crippen LogP contribution in [0.5, 0.6) is 0 Å². The molecule has 0 saturated carbocycles. The van der Waals surface area contributed by atoms with Gasteiger partial charge in [0.2, 0.25) is 0 Å². The Kier molecular flexibility index (Phi) is 9.02. The SMILES string of the molecule is CCCCOCCCCC(C)C. The minimum atomic E-state index is 0.848. The summed E-state index contributed by atoms with van der Waals surface area (Å²) in [5.74, 6) is 0.848. The zero-order valence-electron chi connectivity index (χ0n) is 8.94. The Hall–Kier alpha value is -0.0400. The number of hydrogen-bond donors (Lipinski definition) is 0. The van der Waals surface area contributed by atoms with Crippen molar-refractivity contribution in [3.63, 3.8) is 0 Å². The van der Waals surface area contributed by atoms with Gasteiger partial charge in [0, 0.05) is 13.2 Å². The molecule has 0 atom stereocenters. The van der Waals surface area contributed by atoms with E-state index in [4.69, 9.17) is 4.74 Å². The molecule has 0 aromatic heterocycles. The van der Waals surface area contributed by atoms with Crippen LogP contribution >= 0.6 is 0 Å². The third kappa shape index (κ3) is 9.96. The molecule has 0 fully saturated rings. The van der Waals surface area contributed by atoms with Crippen molar-refractivity contribution in [2.45, 2.75) is 52.9 Å². The average molecular weight is 172 g/mol. The molecule has 74 valence electrons. The van der Waals surface area contributed by atoms with Gasteiger partial charge in [-0.25, -0.2) is 0 Å². The standard InChI is InChI=1S/C11H24O/c1-4-5-9-12-10-7-6-8-11(2)3/h11H,4-10H2,1-3H3. The zero-order valence-corrected chi connectivity index (χ0v) is 8.94. The van der Waals surface area contributed by atoms with E-state index in [1.54, 1.807) is 0 Å². The number of unbranched alkanes of at least 4 members (excludes halogenated alkanes) is 2. The van der Waals surface area contributed by atoms with E-state index in [0.717, 1.165) is 19.1 Å². The highest BCUT2D eigenvalue weighted by Gasteiger charge is 1.93. The van der Waals surface area contributed by atoms with Crippen LogP contribution in [0.3, 0.4) is 0 Å².